The Labute approximate surface area is 446 Å². The standard InChI is InChI=1S/C66H78N5O4/c1-44-22-28-55-52(40-44)63(3,4)59(70(55)34-16-38-72-10)30-26-46-24-25-47(27-31-60-64(5,6)53-41-45(2)23-29-56(53)71(60)35-17-39-73-11)62(46)74-48-32-36-69(37-33-48)57-42-58-61(50-19-13-12-18-49(50)57)67-43-66(75-58)65(7,8)51-20-14-15-21-54(51)68(66)9/h12-15,18-23,26-31,40-43,48H,16-17,24-25,32-39H2,1-11H3/q+1. The lowest BCUT2D eigenvalue weighted by atomic mass is 9.77. The highest BCUT2D eigenvalue weighted by molar-refractivity contribution is 6.06. The van der Waals surface area contributed by atoms with Gasteiger partial charge in [0.1, 0.15) is 17.6 Å². The van der Waals surface area contributed by atoms with Gasteiger partial charge in [-0.2, -0.15) is 4.58 Å². The molecule has 0 radical (unpaired) electrons. The summed E-state index contributed by atoms with van der Waals surface area (Å²) in [4.78, 5) is 12.6. The monoisotopic (exact) mass is 1000 g/mol. The van der Waals surface area contributed by atoms with E-state index in [0.717, 1.165) is 101 Å². The molecule has 9 heteroatoms. The summed E-state index contributed by atoms with van der Waals surface area (Å²) in [6.07, 6.45) is 17.2. The summed E-state index contributed by atoms with van der Waals surface area (Å²) in [5.74, 6) is 1.88. The Morgan fingerprint density at radius 3 is 2.19 bits per heavy atom. The zero-order valence-electron chi connectivity index (χ0n) is 46.5. The Morgan fingerprint density at radius 2 is 1.43 bits per heavy atom. The molecular formula is C66H78N5O4+. The molecule has 5 aliphatic heterocycles. The second-order valence-electron chi connectivity index (χ2n) is 23.5. The normalized spacial score (nSPS) is 22.4. The number of para-hydroxylation sites is 1. The Hall–Kier alpha value is -6.42. The van der Waals surface area contributed by atoms with Gasteiger partial charge in [0.05, 0.1) is 23.7 Å². The van der Waals surface area contributed by atoms with E-state index in [1.807, 2.05) is 6.21 Å². The van der Waals surface area contributed by atoms with Crippen LogP contribution in [0, 0.1) is 13.8 Å². The van der Waals surface area contributed by atoms with E-state index in [1.165, 1.54) is 78.5 Å². The number of allylic oxidation sites excluding steroid dienone is 7. The molecule has 1 atom stereocenters. The predicted octanol–water partition coefficient (Wildman–Crippen LogP) is 14.0. The van der Waals surface area contributed by atoms with Crippen LogP contribution >= 0.6 is 0 Å². The van der Waals surface area contributed by atoms with Gasteiger partial charge in [-0.05, 0) is 113 Å². The number of nitrogens with zero attached hydrogens (tertiary/aromatic N) is 5. The fourth-order valence-corrected chi connectivity index (χ4v) is 13.4. The Balaban J connectivity index is 0.924. The highest BCUT2D eigenvalue weighted by Crippen LogP contribution is 2.56. The molecule has 1 fully saturated rings. The molecule has 390 valence electrons. The Kier molecular flexibility index (Phi) is 13.3. The van der Waals surface area contributed by atoms with Crippen LogP contribution in [0.4, 0.5) is 28.4 Å². The lowest BCUT2D eigenvalue weighted by Crippen LogP contribution is -2.61. The summed E-state index contributed by atoms with van der Waals surface area (Å²) in [6, 6.07) is 33.5. The topological polar surface area (TPSA) is 62.0 Å². The first-order valence-electron chi connectivity index (χ1n) is 27.6. The third kappa shape index (κ3) is 8.53. The average molecular weight is 1010 g/mol. The van der Waals surface area contributed by atoms with Crippen molar-refractivity contribution in [1.29, 1.82) is 0 Å². The summed E-state index contributed by atoms with van der Waals surface area (Å²) in [5.41, 5.74) is 16.2. The van der Waals surface area contributed by atoms with Gasteiger partial charge >= 0.3 is 0 Å². The van der Waals surface area contributed by atoms with Crippen molar-refractivity contribution in [3.8, 4) is 5.75 Å². The number of benzene rings is 5. The number of rotatable bonds is 14. The van der Waals surface area contributed by atoms with Gasteiger partial charge in [0.2, 0.25) is 11.4 Å². The van der Waals surface area contributed by atoms with Crippen LogP contribution in [0.1, 0.15) is 108 Å². The van der Waals surface area contributed by atoms with Crippen molar-refractivity contribution in [2.45, 2.75) is 122 Å². The Bertz CT molecular complexity index is 3250. The molecule has 5 aromatic rings. The van der Waals surface area contributed by atoms with E-state index in [-0.39, 0.29) is 22.3 Å². The van der Waals surface area contributed by atoms with Crippen molar-refractivity contribution in [2.24, 2.45) is 4.99 Å². The van der Waals surface area contributed by atoms with E-state index in [2.05, 4.69) is 197 Å². The van der Waals surface area contributed by atoms with Gasteiger partial charge in [0.15, 0.2) is 18.0 Å². The third-order valence-corrected chi connectivity index (χ3v) is 17.7. The second kappa shape index (κ2) is 19.6. The van der Waals surface area contributed by atoms with Crippen LogP contribution in [0.15, 0.2) is 143 Å². The van der Waals surface area contributed by atoms with Gasteiger partial charge in [-0.15, -0.1) is 0 Å². The molecule has 1 aliphatic carbocycles. The quantitative estimate of drug-likeness (QED) is 0.0811. The molecule has 0 amide bonds. The zero-order chi connectivity index (χ0) is 52.4. The molecule has 1 unspecified atom stereocenters. The molecular weight excluding hydrogens is 927 g/mol. The van der Waals surface area contributed by atoms with E-state index in [4.69, 9.17) is 23.9 Å². The van der Waals surface area contributed by atoms with Crippen LogP contribution in [-0.4, -0.2) is 89.0 Å². The molecule has 0 aromatic heterocycles. The molecule has 0 saturated carbocycles. The number of aliphatic imine (C=N–C) groups is 1. The predicted molar refractivity (Wildman–Crippen MR) is 310 cm³/mol. The number of likely N-dealkylation sites (N-methyl/N-ethyl adjacent to an activating group) is 1. The Morgan fingerprint density at radius 1 is 0.720 bits per heavy atom. The van der Waals surface area contributed by atoms with Crippen LogP contribution in [0.5, 0.6) is 5.75 Å². The van der Waals surface area contributed by atoms with E-state index in [0.29, 0.717) is 0 Å². The minimum Gasteiger partial charge on any atom is -0.490 e. The zero-order valence-corrected chi connectivity index (χ0v) is 46.5. The average Bonchev–Trinajstić information content (AvgIpc) is 4.04. The maximum absolute atomic E-state index is 7.46. The molecule has 0 N–H and O–H groups in total. The summed E-state index contributed by atoms with van der Waals surface area (Å²) in [5, 5.41) is 2.31. The number of ether oxygens (including phenoxy) is 4. The van der Waals surface area contributed by atoms with Gasteiger partial charge in [-0.3, -0.25) is 4.99 Å². The van der Waals surface area contributed by atoms with Crippen LogP contribution in [0.2, 0.25) is 0 Å². The first kappa shape index (κ1) is 50.7. The lowest BCUT2D eigenvalue weighted by Gasteiger charge is -2.45. The molecule has 0 bridgehead atoms. The van der Waals surface area contributed by atoms with Crippen molar-refractivity contribution in [1.82, 2.24) is 0 Å². The molecule has 9 nitrogen and oxygen atoms in total. The van der Waals surface area contributed by atoms with Gasteiger partial charge in [0, 0.05) is 129 Å². The van der Waals surface area contributed by atoms with Crippen LogP contribution in [0.25, 0.3) is 10.8 Å². The number of aryl methyl sites for hydroxylation is 2. The van der Waals surface area contributed by atoms with E-state index >= 15 is 0 Å². The minimum atomic E-state index is -0.761. The van der Waals surface area contributed by atoms with Gasteiger partial charge < -0.3 is 33.6 Å². The molecule has 6 aliphatic rings. The number of hydrogen-bond donors (Lipinski definition) is 0. The maximum Gasteiger partial charge on any atom is 0.228 e. The van der Waals surface area contributed by atoms with E-state index in [9.17, 15) is 0 Å². The highest BCUT2D eigenvalue weighted by atomic mass is 16.5. The largest absolute Gasteiger partial charge is 0.490 e. The minimum absolute atomic E-state index is 0.0577. The van der Waals surface area contributed by atoms with Crippen molar-refractivity contribution < 1.29 is 23.5 Å². The molecule has 1 saturated heterocycles. The first-order chi connectivity index (χ1) is 36.1. The molecule has 75 heavy (non-hydrogen) atoms. The van der Waals surface area contributed by atoms with Gasteiger partial charge in [0.25, 0.3) is 0 Å². The maximum atomic E-state index is 7.46. The van der Waals surface area contributed by atoms with Crippen molar-refractivity contribution in [2.75, 3.05) is 75.4 Å². The van der Waals surface area contributed by atoms with Crippen LogP contribution in [0.3, 0.4) is 0 Å². The van der Waals surface area contributed by atoms with Crippen molar-refractivity contribution >= 4 is 51.1 Å². The summed E-state index contributed by atoms with van der Waals surface area (Å²) >= 11 is 0. The first-order valence-corrected chi connectivity index (χ1v) is 27.6. The number of piperidine rings is 1. The van der Waals surface area contributed by atoms with Gasteiger partial charge in [-0.1, -0.05) is 91.7 Å². The molecule has 11 rings (SSSR count). The number of hydrogen-bond acceptors (Lipinski definition) is 8. The number of methoxy groups -OCH3 is 2. The van der Waals surface area contributed by atoms with Crippen molar-refractivity contribution in [3.63, 3.8) is 0 Å². The fraction of sp³-hybridized carbons (Fsp3) is 0.424. The van der Waals surface area contributed by atoms with Crippen LogP contribution in [-0.2, 0) is 30.5 Å². The number of fused-ring (bicyclic) bond motifs is 6. The molecule has 5 heterocycles. The van der Waals surface area contributed by atoms with E-state index in [1.54, 1.807) is 14.2 Å². The summed E-state index contributed by atoms with van der Waals surface area (Å²) in [6.45, 7) is 23.4. The SMILES string of the molecule is COCCCN1C(=CC=C2CCC(C=CC3=[N+](CCCOC)c4ccc(C)cc4C3(C)C)=C2OC2CCN(c3cc4c(c5ccccc35)N=CC3(O4)N(C)c4ccccc4C3(C)C)CC2)C(C)(C)c2cc(C)ccc21. The van der Waals surface area contributed by atoms with Gasteiger partial charge in [-0.25, -0.2) is 0 Å². The summed E-state index contributed by atoms with van der Waals surface area (Å²) < 4.78 is 28.4. The number of anilines is 3. The smallest absolute Gasteiger partial charge is 0.228 e. The molecule has 5 aromatic carbocycles. The van der Waals surface area contributed by atoms with Crippen LogP contribution < -0.4 is 19.4 Å². The van der Waals surface area contributed by atoms with Crippen molar-refractivity contribution in [3.05, 3.63) is 166 Å². The lowest BCUT2D eigenvalue weighted by molar-refractivity contribution is -0.438. The third-order valence-electron chi connectivity index (χ3n) is 17.7. The second-order valence-corrected chi connectivity index (χ2v) is 23.5. The molecule has 1 spiro atoms. The highest BCUT2D eigenvalue weighted by Gasteiger charge is 2.58. The van der Waals surface area contributed by atoms with E-state index < -0.39 is 5.72 Å². The summed E-state index contributed by atoms with van der Waals surface area (Å²) in [7, 11) is 5.73. The fourth-order valence-electron chi connectivity index (χ4n) is 13.4.